The summed E-state index contributed by atoms with van der Waals surface area (Å²) in [5.74, 6) is -1.06. The Bertz CT molecular complexity index is 1650. The molecular formula is C30H30BrF3N6O2S. The van der Waals surface area contributed by atoms with E-state index in [9.17, 15) is 22.8 Å². The Morgan fingerprint density at radius 2 is 1.65 bits per heavy atom. The number of anilines is 3. The molecule has 2 heterocycles. The summed E-state index contributed by atoms with van der Waals surface area (Å²) in [5.41, 5.74) is 1.65. The number of benzene rings is 3. The number of halogens is 4. The quantitative estimate of drug-likeness (QED) is 0.197. The molecule has 3 aromatic carbocycles. The summed E-state index contributed by atoms with van der Waals surface area (Å²) in [4.78, 5) is 35.4. The molecule has 1 aliphatic rings. The Balaban J connectivity index is 1.24. The van der Waals surface area contributed by atoms with Crippen LogP contribution in [0.25, 0.3) is 10.2 Å². The fourth-order valence-electron chi connectivity index (χ4n) is 4.66. The SMILES string of the molecule is Cc1cc(Br)c(NC(=O)c2cccc(C(F)(F)F)c2)cc1NC(=O)c1ccc2nc(NCCN3CCN(C)CC3)sc2c1. The first-order valence-corrected chi connectivity index (χ1v) is 15.2. The highest BCUT2D eigenvalue weighted by Gasteiger charge is 2.31. The van der Waals surface area contributed by atoms with Crippen molar-refractivity contribution < 1.29 is 22.8 Å². The summed E-state index contributed by atoms with van der Waals surface area (Å²) < 4.78 is 40.7. The first kappa shape index (κ1) is 30.9. The second-order valence-electron chi connectivity index (χ2n) is 10.4. The summed E-state index contributed by atoms with van der Waals surface area (Å²) in [6.07, 6.45) is -4.57. The highest BCUT2D eigenvalue weighted by atomic mass is 79.9. The fraction of sp³-hybridized carbons (Fsp3) is 0.300. The molecule has 0 saturated carbocycles. The van der Waals surface area contributed by atoms with Gasteiger partial charge in [-0.25, -0.2) is 4.98 Å². The number of piperazine rings is 1. The van der Waals surface area contributed by atoms with Crippen LogP contribution in [0.4, 0.5) is 29.7 Å². The average Bonchev–Trinajstić information content (AvgIpc) is 3.38. The monoisotopic (exact) mass is 674 g/mol. The summed E-state index contributed by atoms with van der Waals surface area (Å²) in [7, 11) is 2.13. The Morgan fingerprint density at radius 3 is 2.37 bits per heavy atom. The number of thiazole rings is 1. The van der Waals surface area contributed by atoms with Crippen LogP contribution >= 0.6 is 27.3 Å². The Kier molecular flexibility index (Phi) is 9.35. The van der Waals surface area contributed by atoms with Gasteiger partial charge < -0.3 is 20.9 Å². The van der Waals surface area contributed by atoms with Crippen molar-refractivity contribution in [3.63, 3.8) is 0 Å². The summed E-state index contributed by atoms with van der Waals surface area (Å²) >= 11 is 4.87. The number of carbonyl (C=O) groups is 2. The number of rotatable bonds is 8. The van der Waals surface area contributed by atoms with Crippen molar-refractivity contribution in [2.24, 2.45) is 0 Å². The molecular weight excluding hydrogens is 645 g/mol. The largest absolute Gasteiger partial charge is 0.416 e. The molecule has 2 amide bonds. The molecule has 4 aromatic rings. The molecule has 5 rings (SSSR count). The number of amides is 2. The van der Waals surface area contributed by atoms with E-state index in [2.05, 4.69) is 53.7 Å². The van der Waals surface area contributed by atoms with Gasteiger partial charge >= 0.3 is 6.18 Å². The molecule has 0 aliphatic carbocycles. The van der Waals surface area contributed by atoms with Crippen LogP contribution in [-0.4, -0.2) is 72.9 Å². The van der Waals surface area contributed by atoms with E-state index in [4.69, 9.17) is 0 Å². The van der Waals surface area contributed by atoms with Crippen molar-refractivity contribution >= 4 is 65.8 Å². The lowest BCUT2D eigenvalue weighted by molar-refractivity contribution is -0.137. The van der Waals surface area contributed by atoms with E-state index in [1.165, 1.54) is 23.5 Å². The third kappa shape index (κ3) is 7.71. The van der Waals surface area contributed by atoms with E-state index in [0.717, 1.165) is 72.3 Å². The van der Waals surface area contributed by atoms with Gasteiger partial charge in [0, 0.05) is 60.6 Å². The molecule has 1 fully saturated rings. The molecule has 1 aromatic heterocycles. The summed E-state index contributed by atoms with van der Waals surface area (Å²) in [6.45, 7) is 7.77. The second kappa shape index (κ2) is 13.0. The molecule has 1 aliphatic heterocycles. The van der Waals surface area contributed by atoms with Crippen molar-refractivity contribution in [2.75, 3.05) is 62.3 Å². The van der Waals surface area contributed by atoms with Crippen molar-refractivity contribution in [3.8, 4) is 0 Å². The van der Waals surface area contributed by atoms with Gasteiger partial charge in [-0.15, -0.1) is 0 Å². The Labute approximate surface area is 259 Å². The first-order chi connectivity index (χ1) is 20.5. The molecule has 0 bridgehead atoms. The number of carbonyl (C=O) groups excluding carboxylic acids is 2. The topological polar surface area (TPSA) is 89.6 Å². The smallest absolute Gasteiger partial charge is 0.360 e. The zero-order valence-corrected chi connectivity index (χ0v) is 25.9. The van der Waals surface area contributed by atoms with E-state index in [1.807, 2.05) is 6.07 Å². The van der Waals surface area contributed by atoms with Crippen LogP contribution < -0.4 is 16.0 Å². The van der Waals surface area contributed by atoms with Crippen LogP contribution in [0.15, 0.2) is 59.1 Å². The summed E-state index contributed by atoms with van der Waals surface area (Å²) in [5, 5.41) is 9.70. The van der Waals surface area contributed by atoms with Crippen molar-refractivity contribution in [2.45, 2.75) is 13.1 Å². The third-order valence-electron chi connectivity index (χ3n) is 7.21. The standard InChI is InChI=1S/C30H30BrF3N6O2S/c1-18-14-22(31)25(37-27(41)19-4-3-5-21(15-19)30(32,33)34)17-24(18)36-28(42)20-6-7-23-26(16-20)43-29(38-23)35-8-9-40-12-10-39(2)11-13-40/h3-7,14-17H,8-13H2,1-2H3,(H,35,38)(H,36,42)(H,37,41). The zero-order valence-electron chi connectivity index (χ0n) is 23.5. The maximum absolute atomic E-state index is 13.2. The normalized spacial score (nSPS) is 14.6. The number of nitrogens with zero attached hydrogens (tertiary/aromatic N) is 3. The Hall–Kier alpha value is -3.52. The number of hydrogen-bond acceptors (Lipinski definition) is 7. The van der Waals surface area contributed by atoms with Crippen LogP contribution in [0.1, 0.15) is 31.8 Å². The number of likely N-dealkylation sites (N-methyl/N-ethyl adjacent to an activating group) is 1. The maximum Gasteiger partial charge on any atom is 0.416 e. The molecule has 0 unspecified atom stereocenters. The molecule has 8 nitrogen and oxygen atoms in total. The fourth-order valence-corrected chi connectivity index (χ4v) is 6.15. The van der Waals surface area contributed by atoms with E-state index >= 15 is 0 Å². The van der Waals surface area contributed by atoms with Gasteiger partial charge in [-0.3, -0.25) is 14.5 Å². The van der Waals surface area contributed by atoms with Crippen LogP contribution in [0, 0.1) is 6.92 Å². The second-order valence-corrected chi connectivity index (χ2v) is 12.3. The Morgan fingerprint density at radius 1 is 0.953 bits per heavy atom. The van der Waals surface area contributed by atoms with Gasteiger partial charge in [-0.05, 0) is 84.0 Å². The highest BCUT2D eigenvalue weighted by Crippen LogP contribution is 2.33. The van der Waals surface area contributed by atoms with E-state index in [-0.39, 0.29) is 11.5 Å². The number of fused-ring (bicyclic) bond motifs is 1. The molecule has 0 radical (unpaired) electrons. The first-order valence-electron chi connectivity index (χ1n) is 13.6. The van der Waals surface area contributed by atoms with Gasteiger partial charge in [0.15, 0.2) is 5.13 Å². The lowest BCUT2D eigenvalue weighted by Crippen LogP contribution is -2.45. The molecule has 226 valence electrons. The van der Waals surface area contributed by atoms with Crippen LogP contribution in [-0.2, 0) is 6.18 Å². The number of aromatic nitrogens is 1. The average molecular weight is 676 g/mol. The molecule has 1 saturated heterocycles. The number of hydrogen-bond donors (Lipinski definition) is 3. The molecule has 43 heavy (non-hydrogen) atoms. The number of nitrogens with one attached hydrogen (secondary N) is 3. The predicted octanol–water partition coefficient (Wildman–Crippen LogP) is 6.55. The van der Waals surface area contributed by atoms with Gasteiger partial charge in [0.25, 0.3) is 11.8 Å². The number of alkyl halides is 3. The summed E-state index contributed by atoms with van der Waals surface area (Å²) in [6, 6.07) is 12.8. The molecule has 3 N–H and O–H groups in total. The van der Waals surface area contributed by atoms with Gasteiger partial charge in [-0.2, -0.15) is 13.2 Å². The minimum Gasteiger partial charge on any atom is -0.360 e. The van der Waals surface area contributed by atoms with Gasteiger partial charge in [0.1, 0.15) is 0 Å². The van der Waals surface area contributed by atoms with Gasteiger partial charge in [0.05, 0.1) is 21.5 Å². The minimum absolute atomic E-state index is 0.140. The van der Waals surface area contributed by atoms with Crippen molar-refractivity contribution in [1.29, 1.82) is 0 Å². The molecule has 0 atom stereocenters. The van der Waals surface area contributed by atoms with Crippen LogP contribution in [0.5, 0.6) is 0 Å². The van der Waals surface area contributed by atoms with E-state index in [1.54, 1.807) is 31.2 Å². The van der Waals surface area contributed by atoms with E-state index in [0.29, 0.717) is 21.4 Å². The maximum atomic E-state index is 13.2. The van der Waals surface area contributed by atoms with Gasteiger partial charge in [0.2, 0.25) is 0 Å². The highest BCUT2D eigenvalue weighted by molar-refractivity contribution is 9.10. The van der Waals surface area contributed by atoms with Crippen molar-refractivity contribution in [3.05, 3.63) is 81.3 Å². The van der Waals surface area contributed by atoms with Gasteiger partial charge in [-0.1, -0.05) is 17.4 Å². The lowest BCUT2D eigenvalue weighted by Gasteiger charge is -2.32. The number of aryl methyl sites for hydroxylation is 1. The van der Waals surface area contributed by atoms with Crippen LogP contribution in [0.3, 0.4) is 0 Å². The molecule has 13 heteroatoms. The molecule has 0 spiro atoms. The third-order valence-corrected chi connectivity index (χ3v) is 8.85. The lowest BCUT2D eigenvalue weighted by atomic mass is 10.1. The van der Waals surface area contributed by atoms with Crippen molar-refractivity contribution in [1.82, 2.24) is 14.8 Å². The van der Waals surface area contributed by atoms with E-state index < -0.39 is 17.6 Å². The zero-order chi connectivity index (χ0) is 30.7. The van der Waals surface area contributed by atoms with Crippen LogP contribution in [0.2, 0.25) is 0 Å². The minimum atomic E-state index is -4.57. The predicted molar refractivity (Wildman–Crippen MR) is 168 cm³/mol.